The third-order valence-corrected chi connectivity index (χ3v) is 4.97. The van der Waals surface area contributed by atoms with Crippen molar-refractivity contribution in [2.45, 2.75) is 0 Å². The Labute approximate surface area is 162 Å². The average molecular weight is 391 g/mol. The molecular formula is C19H13N5O3S. The zero-order valence-corrected chi connectivity index (χ0v) is 15.1. The van der Waals surface area contributed by atoms with Gasteiger partial charge >= 0.3 is 0 Å². The molecule has 1 amide bonds. The number of nitrogens with two attached hydrogens (primary N) is 1. The van der Waals surface area contributed by atoms with Gasteiger partial charge in [-0.3, -0.25) is 14.9 Å². The summed E-state index contributed by atoms with van der Waals surface area (Å²) in [7, 11) is 0. The van der Waals surface area contributed by atoms with Crippen molar-refractivity contribution in [3.05, 3.63) is 75.9 Å². The SMILES string of the molecule is Nc1nccc(-c2cccc([N+](=O)[O-])c2)c1NC(=O)c1ccc2ncsc2c1. The van der Waals surface area contributed by atoms with Crippen molar-refractivity contribution >= 4 is 44.7 Å². The summed E-state index contributed by atoms with van der Waals surface area (Å²) in [5.41, 5.74) is 10.3. The molecule has 2 aromatic carbocycles. The summed E-state index contributed by atoms with van der Waals surface area (Å²) >= 11 is 1.44. The number of carbonyl (C=O) groups is 1. The van der Waals surface area contributed by atoms with Crippen molar-refractivity contribution < 1.29 is 9.72 Å². The molecule has 0 spiro atoms. The lowest BCUT2D eigenvalue weighted by Gasteiger charge is -2.13. The Morgan fingerprint density at radius 1 is 1.14 bits per heavy atom. The number of pyridine rings is 1. The van der Waals surface area contributed by atoms with Crippen molar-refractivity contribution in [2.24, 2.45) is 0 Å². The second kappa shape index (κ2) is 7.05. The Hall–Kier alpha value is -3.85. The number of nitrogens with zero attached hydrogens (tertiary/aromatic N) is 3. The van der Waals surface area contributed by atoms with Crippen LogP contribution in [0.2, 0.25) is 0 Å². The van der Waals surface area contributed by atoms with Crippen molar-refractivity contribution in [2.75, 3.05) is 11.1 Å². The highest BCUT2D eigenvalue weighted by Gasteiger charge is 2.16. The van der Waals surface area contributed by atoms with Gasteiger partial charge in [-0.1, -0.05) is 12.1 Å². The fourth-order valence-corrected chi connectivity index (χ4v) is 3.54. The lowest BCUT2D eigenvalue weighted by atomic mass is 10.0. The minimum Gasteiger partial charge on any atom is -0.382 e. The highest BCUT2D eigenvalue weighted by molar-refractivity contribution is 7.16. The van der Waals surface area contributed by atoms with Gasteiger partial charge in [0.05, 0.1) is 26.3 Å². The number of nitro benzene ring substituents is 1. The molecular weight excluding hydrogens is 378 g/mol. The van der Waals surface area contributed by atoms with Crippen molar-refractivity contribution in [3.8, 4) is 11.1 Å². The van der Waals surface area contributed by atoms with E-state index in [1.807, 2.05) is 0 Å². The van der Waals surface area contributed by atoms with E-state index < -0.39 is 4.92 Å². The van der Waals surface area contributed by atoms with Crippen LogP contribution < -0.4 is 11.1 Å². The van der Waals surface area contributed by atoms with Crippen LogP contribution in [0.3, 0.4) is 0 Å². The van der Waals surface area contributed by atoms with E-state index in [1.54, 1.807) is 41.9 Å². The maximum absolute atomic E-state index is 12.8. The first-order valence-corrected chi connectivity index (χ1v) is 9.05. The van der Waals surface area contributed by atoms with E-state index in [1.165, 1.54) is 29.7 Å². The van der Waals surface area contributed by atoms with Gasteiger partial charge in [0.1, 0.15) is 5.82 Å². The quantitative estimate of drug-likeness (QED) is 0.399. The Morgan fingerprint density at radius 3 is 2.82 bits per heavy atom. The van der Waals surface area contributed by atoms with E-state index in [0.717, 1.165) is 10.2 Å². The summed E-state index contributed by atoms with van der Waals surface area (Å²) in [4.78, 5) is 31.6. The number of hydrogen-bond acceptors (Lipinski definition) is 7. The average Bonchev–Trinajstić information content (AvgIpc) is 3.17. The number of nitro groups is 1. The second-order valence-corrected chi connectivity index (χ2v) is 6.80. The summed E-state index contributed by atoms with van der Waals surface area (Å²) in [6, 6.07) is 13.0. The smallest absolute Gasteiger partial charge is 0.270 e. The van der Waals surface area contributed by atoms with Crippen molar-refractivity contribution in [1.82, 2.24) is 9.97 Å². The summed E-state index contributed by atoms with van der Waals surface area (Å²) in [5, 5.41) is 13.9. The van der Waals surface area contributed by atoms with Crippen LogP contribution in [0.5, 0.6) is 0 Å². The van der Waals surface area contributed by atoms with Crippen LogP contribution in [0.15, 0.2) is 60.2 Å². The predicted octanol–water partition coefficient (Wildman–Crippen LogP) is 4.10. The van der Waals surface area contributed by atoms with E-state index in [9.17, 15) is 14.9 Å². The normalized spacial score (nSPS) is 10.7. The standard InChI is InChI=1S/C19H13N5O3S/c20-18-17(23-19(25)12-4-5-15-16(9-12)28-10-22-15)14(6-7-21-18)11-2-1-3-13(8-11)24(26)27/h1-10H,(H2,20,21)(H,23,25). The lowest BCUT2D eigenvalue weighted by molar-refractivity contribution is -0.384. The second-order valence-electron chi connectivity index (χ2n) is 5.92. The molecule has 0 aliphatic carbocycles. The molecule has 0 atom stereocenters. The first-order chi connectivity index (χ1) is 13.5. The van der Waals surface area contributed by atoms with Crippen LogP contribution in [0, 0.1) is 10.1 Å². The minimum atomic E-state index is -0.476. The zero-order chi connectivity index (χ0) is 19.7. The van der Waals surface area contributed by atoms with E-state index in [0.29, 0.717) is 22.4 Å². The van der Waals surface area contributed by atoms with Gasteiger partial charge in [0.25, 0.3) is 11.6 Å². The third kappa shape index (κ3) is 3.26. The van der Waals surface area contributed by atoms with Gasteiger partial charge in [-0.2, -0.15) is 0 Å². The highest BCUT2D eigenvalue weighted by Crippen LogP contribution is 2.33. The number of anilines is 2. The molecule has 0 unspecified atom stereocenters. The molecule has 0 aliphatic rings. The number of rotatable bonds is 4. The minimum absolute atomic E-state index is 0.0548. The molecule has 0 saturated carbocycles. The van der Waals surface area contributed by atoms with Gasteiger partial charge in [-0.25, -0.2) is 9.97 Å². The molecule has 28 heavy (non-hydrogen) atoms. The van der Waals surface area contributed by atoms with E-state index in [2.05, 4.69) is 15.3 Å². The Bertz CT molecular complexity index is 1220. The Balaban J connectivity index is 1.72. The molecule has 2 aromatic heterocycles. The van der Waals surface area contributed by atoms with Crippen LogP contribution in [-0.4, -0.2) is 20.8 Å². The molecule has 0 fully saturated rings. The number of fused-ring (bicyclic) bond motifs is 1. The number of nitrogens with one attached hydrogen (secondary N) is 1. The molecule has 2 heterocycles. The predicted molar refractivity (Wildman–Crippen MR) is 108 cm³/mol. The summed E-state index contributed by atoms with van der Waals surface area (Å²) in [5.74, 6) is -0.238. The van der Waals surface area contributed by atoms with Crippen molar-refractivity contribution in [1.29, 1.82) is 0 Å². The van der Waals surface area contributed by atoms with Crippen LogP contribution in [0.25, 0.3) is 21.3 Å². The van der Waals surface area contributed by atoms with Gasteiger partial charge in [0, 0.05) is 29.5 Å². The van der Waals surface area contributed by atoms with Gasteiger partial charge in [0.15, 0.2) is 0 Å². The number of non-ortho nitro benzene ring substituents is 1. The maximum Gasteiger partial charge on any atom is 0.270 e. The van der Waals surface area contributed by atoms with Gasteiger partial charge < -0.3 is 11.1 Å². The molecule has 0 saturated heterocycles. The lowest BCUT2D eigenvalue weighted by Crippen LogP contribution is -2.14. The molecule has 138 valence electrons. The van der Waals surface area contributed by atoms with Gasteiger partial charge in [-0.05, 0) is 29.8 Å². The van der Waals surface area contributed by atoms with E-state index >= 15 is 0 Å². The van der Waals surface area contributed by atoms with Crippen LogP contribution in [0.4, 0.5) is 17.2 Å². The largest absolute Gasteiger partial charge is 0.382 e. The molecule has 4 aromatic rings. The number of carbonyl (C=O) groups excluding carboxylic acids is 1. The fraction of sp³-hybridized carbons (Fsp3) is 0. The van der Waals surface area contributed by atoms with Crippen LogP contribution in [0.1, 0.15) is 10.4 Å². The molecule has 0 bridgehead atoms. The molecule has 3 N–H and O–H groups in total. The third-order valence-electron chi connectivity index (χ3n) is 4.18. The number of aromatic nitrogens is 2. The van der Waals surface area contributed by atoms with Gasteiger partial charge in [-0.15, -0.1) is 11.3 Å². The number of amides is 1. The Morgan fingerprint density at radius 2 is 2.00 bits per heavy atom. The number of nitrogen functional groups attached to an aromatic ring is 1. The molecule has 4 rings (SSSR count). The van der Waals surface area contributed by atoms with E-state index in [-0.39, 0.29) is 17.4 Å². The zero-order valence-electron chi connectivity index (χ0n) is 14.3. The van der Waals surface area contributed by atoms with Crippen molar-refractivity contribution in [3.63, 3.8) is 0 Å². The van der Waals surface area contributed by atoms with Crippen LogP contribution >= 0.6 is 11.3 Å². The molecule has 0 aliphatic heterocycles. The molecule has 9 heteroatoms. The first kappa shape index (κ1) is 17.6. The fourth-order valence-electron chi connectivity index (χ4n) is 2.82. The summed E-state index contributed by atoms with van der Waals surface area (Å²) in [6.45, 7) is 0. The van der Waals surface area contributed by atoms with E-state index in [4.69, 9.17) is 5.73 Å². The van der Waals surface area contributed by atoms with Crippen LogP contribution in [-0.2, 0) is 0 Å². The summed E-state index contributed by atoms with van der Waals surface area (Å²) < 4.78 is 0.894. The first-order valence-electron chi connectivity index (χ1n) is 8.17. The summed E-state index contributed by atoms with van der Waals surface area (Å²) in [6.07, 6.45) is 1.49. The Kier molecular flexibility index (Phi) is 4.42. The monoisotopic (exact) mass is 391 g/mol. The number of thiazole rings is 1. The topological polar surface area (TPSA) is 124 Å². The molecule has 8 nitrogen and oxygen atoms in total. The number of hydrogen-bond donors (Lipinski definition) is 2. The molecule has 0 radical (unpaired) electrons. The number of benzene rings is 2. The highest BCUT2D eigenvalue weighted by atomic mass is 32.1. The van der Waals surface area contributed by atoms with Gasteiger partial charge in [0.2, 0.25) is 0 Å². The maximum atomic E-state index is 12.8.